The van der Waals surface area contributed by atoms with E-state index in [1.165, 1.54) is 0 Å². The average Bonchev–Trinajstić information content (AvgIpc) is 2.76. The summed E-state index contributed by atoms with van der Waals surface area (Å²) >= 11 is 6.50. The van der Waals surface area contributed by atoms with Gasteiger partial charge in [-0.15, -0.1) is 0 Å². The molecule has 0 fully saturated rings. The lowest BCUT2D eigenvalue weighted by Crippen LogP contribution is -2.14. The van der Waals surface area contributed by atoms with Crippen LogP contribution in [0.15, 0.2) is 73.1 Å². The molecular weight excluding hydrogens is 374 g/mol. The smallest absolute Gasteiger partial charge is 0.147 e. The number of benzene rings is 2. The number of halogens is 1. The van der Waals surface area contributed by atoms with Crippen LogP contribution in [0.4, 0.5) is 5.82 Å². The predicted octanol–water partition coefficient (Wildman–Crippen LogP) is 5.20. The van der Waals surface area contributed by atoms with Crippen LogP contribution in [0.3, 0.4) is 0 Å². The Balaban J connectivity index is 1.87. The van der Waals surface area contributed by atoms with Gasteiger partial charge in [-0.05, 0) is 48.0 Å². The minimum absolute atomic E-state index is 0.0873. The van der Waals surface area contributed by atoms with Crippen LogP contribution in [0.2, 0.25) is 5.02 Å². The summed E-state index contributed by atoms with van der Waals surface area (Å²) in [5.74, 6) is 1.52. The summed E-state index contributed by atoms with van der Waals surface area (Å²) in [7, 11) is 1.62. The summed E-state index contributed by atoms with van der Waals surface area (Å²) in [5, 5.41) is 15.6. The van der Waals surface area contributed by atoms with Crippen LogP contribution in [0, 0.1) is 0 Å². The second-order valence-electron chi connectivity index (χ2n) is 6.26. The molecule has 0 saturated heterocycles. The molecule has 140 valence electrons. The van der Waals surface area contributed by atoms with Gasteiger partial charge in [0.25, 0.3) is 0 Å². The van der Waals surface area contributed by atoms with Crippen LogP contribution < -0.4 is 10.1 Å². The van der Waals surface area contributed by atoms with E-state index in [9.17, 15) is 5.11 Å². The summed E-state index contributed by atoms with van der Waals surface area (Å²) in [6, 6.07) is 18.3. The highest BCUT2D eigenvalue weighted by atomic mass is 35.5. The Bertz CT molecular complexity index is 1100. The fourth-order valence-corrected chi connectivity index (χ4v) is 3.43. The molecule has 2 aromatic carbocycles. The van der Waals surface area contributed by atoms with Gasteiger partial charge in [-0.3, -0.25) is 4.98 Å². The van der Waals surface area contributed by atoms with Crippen LogP contribution in [0.1, 0.15) is 17.2 Å². The van der Waals surface area contributed by atoms with Crippen LogP contribution >= 0.6 is 11.6 Å². The highest BCUT2D eigenvalue weighted by molar-refractivity contribution is 6.35. The zero-order valence-corrected chi connectivity index (χ0v) is 15.9. The number of phenolic OH excluding ortho intramolecular Hbond substituents is 1. The topological polar surface area (TPSA) is 67.3 Å². The van der Waals surface area contributed by atoms with Crippen molar-refractivity contribution in [2.24, 2.45) is 0 Å². The van der Waals surface area contributed by atoms with E-state index in [-0.39, 0.29) is 11.8 Å². The normalized spacial score (nSPS) is 11.9. The molecule has 5 nitrogen and oxygen atoms in total. The molecule has 0 amide bonds. The molecule has 0 radical (unpaired) electrons. The molecule has 4 aromatic rings. The highest BCUT2D eigenvalue weighted by Crippen LogP contribution is 2.39. The summed E-state index contributed by atoms with van der Waals surface area (Å²) in [5.41, 5.74) is 2.01. The largest absolute Gasteiger partial charge is 0.505 e. The van der Waals surface area contributed by atoms with E-state index in [0.29, 0.717) is 27.3 Å². The highest BCUT2D eigenvalue weighted by Gasteiger charge is 2.22. The van der Waals surface area contributed by atoms with Crippen LogP contribution in [0.5, 0.6) is 11.5 Å². The summed E-state index contributed by atoms with van der Waals surface area (Å²) in [6.45, 7) is 0. The number of pyridine rings is 2. The van der Waals surface area contributed by atoms with E-state index in [2.05, 4.69) is 15.3 Å². The lowest BCUT2D eigenvalue weighted by molar-refractivity contribution is 0.414. The maximum Gasteiger partial charge on any atom is 0.147 e. The molecule has 0 spiro atoms. The Morgan fingerprint density at radius 3 is 2.50 bits per heavy atom. The fraction of sp³-hybridized carbons (Fsp3) is 0.0909. The summed E-state index contributed by atoms with van der Waals surface area (Å²) in [6.07, 6.45) is 3.35. The number of ether oxygens (including phenoxy) is 1. The van der Waals surface area contributed by atoms with Gasteiger partial charge >= 0.3 is 0 Å². The van der Waals surface area contributed by atoms with Gasteiger partial charge in [0.15, 0.2) is 0 Å². The Labute approximate surface area is 167 Å². The molecule has 6 heteroatoms. The molecule has 1 atom stereocenters. The van der Waals surface area contributed by atoms with Gasteiger partial charge in [-0.25, -0.2) is 4.98 Å². The summed E-state index contributed by atoms with van der Waals surface area (Å²) in [4.78, 5) is 8.67. The molecule has 0 saturated carbocycles. The molecule has 0 aliphatic carbocycles. The van der Waals surface area contributed by atoms with Gasteiger partial charge in [0.1, 0.15) is 22.8 Å². The Morgan fingerprint density at radius 1 is 1.00 bits per heavy atom. The zero-order valence-electron chi connectivity index (χ0n) is 15.1. The van der Waals surface area contributed by atoms with Gasteiger partial charge in [0.05, 0.1) is 18.2 Å². The number of hydrogen-bond acceptors (Lipinski definition) is 5. The van der Waals surface area contributed by atoms with Crippen molar-refractivity contribution in [2.45, 2.75) is 6.04 Å². The van der Waals surface area contributed by atoms with E-state index in [1.807, 2.05) is 48.5 Å². The first kappa shape index (κ1) is 18.1. The monoisotopic (exact) mass is 391 g/mol. The number of fused-ring (bicyclic) bond motifs is 1. The number of methoxy groups -OCH3 is 1. The first-order chi connectivity index (χ1) is 13.7. The van der Waals surface area contributed by atoms with E-state index in [4.69, 9.17) is 16.3 Å². The SMILES string of the molecule is COc1ccc(C(Nc2ccccn2)c2cc(Cl)c3cccnc3c2O)cc1. The van der Waals surface area contributed by atoms with E-state index >= 15 is 0 Å². The van der Waals surface area contributed by atoms with Crippen molar-refractivity contribution in [3.05, 3.63) is 89.2 Å². The second-order valence-corrected chi connectivity index (χ2v) is 6.67. The zero-order chi connectivity index (χ0) is 19.5. The number of aromatic hydroxyl groups is 1. The minimum Gasteiger partial charge on any atom is -0.505 e. The molecule has 0 aliphatic heterocycles. The van der Waals surface area contributed by atoms with Crippen LogP contribution in [-0.2, 0) is 0 Å². The first-order valence-corrected chi connectivity index (χ1v) is 9.13. The molecule has 2 aromatic heterocycles. The number of anilines is 1. The lowest BCUT2D eigenvalue weighted by Gasteiger charge is -2.22. The Hall–Kier alpha value is -3.31. The number of hydrogen-bond donors (Lipinski definition) is 2. The lowest BCUT2D eigenvalue weighted by atomic mass is 9.96. The van der Waals surface area contributed by atoms with Gasteiger partial charge in [0, 0.05) is 23.3 Å². The summed E-state index contributed by atoms with van der Waals surface area (Å²) < 4.78 is 5.26. The molecule has 2 N–H and O–H groups in total. The standard InChI is InChI=1S/C22H18ClN3O2/c1-28-15-9-7-14(8-10-15)20(26-19-6-2-3-11-24-19)17-13-18(23)16-5-4-12-25-21(16)22(17)27/h2-13,20,27H,1H3,(H,24,26). The fourth-order valence-electron chi connectivity index (χ4n) is 3.16. The molecule has 2 heterocycles. The van der Waals surface area contributed by atoms with Gasteiger partial charge in [-0.2, -0.15) is 0 Å². The van der Waals surface area contributed by atoms with Crippen LogP contribution in [0.25, 0.3) is 10.9 Å². The predicted molar refractivity (Wildman–Crippen MR) is 111 cm³/mol. The number of phenols is 1. The third-order valence-electron chi connectivity index (χ3n) is 4.56. The van der Waals surface area contributed by atoms with Crippen LogP contribution in [-0.4, -0.2) is 22.2 Å². The first-order valence-electron chi connectivity index (χ1n) is 8.75. The van der Waals surface area contributed by atoms with Gasteiger partial charge in [-0.1, -0.05) is 29.8 Å². The quantitative estimate of drug-likeness (QED) is 0.489. The molecule has 1 unspecified atom stereocenters. The number of nitrogens with zero attached hydrogens (tertiary/aromatic N) is 2. The van der Waals surface area contributed by atoms with Crippen molar-refractivity contribution in [1.29, 1.82) is 0 Å². The van der Waals surface area contributed by atoms with Crippen molar-refractivity contribution < 1.29 is 9.84 Å². The number of rotatable bonds is 5. The van der Waals surface area contributed by atoms with Crippen molar-refractivity contribution >= 4 is 28.3 Å². The Morgan fingerprint density at radius 2 is 1.79 bits per heavy atom. The number of aromatic nitrogens is 2. The van der Waals surface area contributed by atoms with Gasteiger partial charge in [0.2, 0.25) is 0 Å². The number of nitrogens with one attached hydrogen (secondary N) is 1. The molecule has 0 bridgehead atoms. The second kappa shape index (κ2) is 7.74. The molecule has 28 heavy (non-hydrogen) atoms. The maximum absolute atomic E-state index is 11.0. The van der Waals surface area contributed by atoms with Crippen molar-refractivity contribution in [3.63, 3.8) is 0 Å². The maximum atomic E-state index is 11.0. The van der Waals surface area contributed by atoms with E-state index in [1.54, 1.807) is 31.6 Å². The minimum atomic E-state index is -0.385. The Kier molecular flexibility index (Phi) is 5.00. The average molecular weight is 392 g/mol. The third kappa shape index (κ3) is 3.44. The molecule has 4 rings (SSSR count). The molecular formula is C22H18ClN3O2. The van der Waals surface area contributed by atoms with Crippen molar-refractivity contribution in [2.75, 3.05) is 12.4 Å². The van der Waals surface area contributed by atoms with Crippen molar-refractivity contribution in [1.82, 2.24) is 9.97 Å². The van der Waals surface area contributed by atoms with Crippen molar-refractivity contribution in [3.8, 4) is 11.5 Å². The third-order valence-corrected chi connectivity index (χ3v) is 4.87. The molecule has 0 aliphatic rings. The van der Waals surface area contributed by atoms with Gasteiger partial charge < -0.3 is 15.2 Å². The van der Waals surface area contributed by atoms with E-state index in [0.717, 1.165) is 11.3 Å². The van der Waals surface area contributed by atoms with E-state index < -0.39 is 0 Å².